The SMILES string of the molecule is CN[C@@H](C)C(=O)N[C@H](C(=O)N1CCC[C@H]1CN(CCc1ccccc1)C(=O)CCC(C)=O)C(C)(C)C. The minimum absolute atomic E-state index is 0.0106. The van der Waals surface area contributed by atoms with Crippen molar-refractivity contribution in [2.24, 2.45) is 5.41 Å². The fourth-order valence-electron chi connectivity index (χ4n) is 4.45. The standard InChI is InChI=1S/C28H44N4O4/c1-20(33)14-15-24(34)31(18-16-22-11-8-7-9-12-22)19-23-13-10-17-32(23)27(36)25(28(3,4)5)30-26(35)21(2)29-6/h7-9,11-12,21,23,25,29H,10,13-19H2,1-6H3,(H,30,35)/t21-,23-,25+/m0/s1. The van der Waals surface area contributed by atoms with Crippen LogP contribution in [0, 0.1) is 5.41 Å². The first-order valence-electron chi connectivity index (χ1n) is 13.0. The van der Waals surface area contributed by atoms with Gasteiger partial charge in [-0.05, 0) is 51.1 Å². The third-order valence-corrected chi connectivity index (χ3v) is 6.87. The summed E-state index contributed by atoms with van der Waals surface area (Å²) in [4.78, 5) is 54.6. The summed E-state index contributed by atoms with van der Waals surface area (Å²) in [5.41, 5.74) is 0.660. The van der Waals surface area contributed by atoms with Gasteiger partial charge in [0, 0.05) is 38.5 Å². The molecule has 0 aromatic heterocycles. The molecular formula is C28H44N4O4. The molecule has 1 aromatic carbocycles. The number of carbonyl (C=O) groups is 4. The van der Waals surface area contributed by atoms with Gasteiger partial charge in [0.05, 0.1) is 6.04 Å². The highest BCUT2D eigenvalue weighted by molar-refractivity contribution is 5.90. The van der Waals surface area contributed by atoms with E-state index in [9.17, 15) is 19.2 Å². The average molecular weight is 501 g/mol. The normalized spacial score (nSPS) is 17.4. The molecule has 1 aliphatic rings. The molecule has 1 aromatic rings. The van der Waals surface area contributed by atoms with Gasteiger partial charge >= 0.3 is 0 Å². The van der Waals surface area contributed by atoms with Gasteiger partial charge in [-0.25, -0.2) is 0 Å². The maximum absolute atomic E-state index is 13.7. The second-order valence-electron chi connectivity index (χ2n) is 10.9. The van der Waals surface area contributed by atoms with Crippen molar-refractivity contribution in [2.45, 2.75) is 84.8 Å². The Kier molecular flexibility index (Phi) is 11.1. The summed E-state index contributed by atoms with van der Waals surface area (Å²) in [5, 5.41) is 5.87. The lowest BCUT2D eigenvalue weighted by atomic mass is 9.85. The molecule has 0 saturated carbocycles. The Balaban J connectivity index is 2.18. The van der Waals surface area contributed by atoms with E-state index in [0.29, 0.717) is 26.1 Å². The van der Waals surface area contributed by atoms with E-state index in [1.54, 1.807) is 18.9 Å². The fraction of sp³-hybridized carbons (Fsp3) is 0.643. The molecule has 8 heteroatoms. The summed E-state index contributed by atoms with van der Waals surface area (Å²) in [7, 11) is 1.71. The molecule has 1 heterocycles. The van der Waals surface area contributed by atoms with Crippen molar-refractivity contribution >= 4 is 23.5 Å². The maximum atomic E-state index is 13.7. The van der Waals surface area contributed by atoms with E-state index >= 15 is 0 Å². The van der Waals surface area contributed by atoms with Crippen LogP contribution in [0.5, 0.6) is 0 Å². The summed E-state index contributed by atoms with van der Waals surface area (Å²) in [6, 6.07) is 8.77. The summed E-state index contributed by atoms with van der Waals surface area (Å²) in [5.74, 6) is -0.404. The van der Waals surface area contributed by atoms with Gasteiger partial charge in [-0.15, -0.1) is 0 Å². The lowest BCUT2D eigenvalue weighted by molar-refractivity contribution is -0.142. The average Bonchev–Trinajstić information content (AvgIpc) is 3.30. The smallest absolute Gasteiger partial charge is 0.246 e. The number of nitrogens with zero attached hydrogens (tertiary/aromatic N) is 2. The van der Waals surface area contributed by atoms with E-state index in [-0.39, 0.29) is 42.4 Å². The molecule has 200 valence electrons. The highest BCUT2D eigenvalue weighted by Crippen LogP contribution is 2.26. The van der Waals surface area contributed by atoms with E-state index < -0.39 is 17.5 Å². The van der Waals surface area contributed by atoms with Crippen LogP contribution in [0.3, 0.4) is 0 Å². The molecular weight excluding hydrogens is 456 g/mol. The molecule has 8 nitrogen and oxygen atoms in total. The van der Waals surface area contributed by atoms with Gasteiger partial charge in [-0.2, -0.15) is 0 Å². The van der Waals surface area contributed by atoms with Crippen LogP contribution in [-0.2, 0) is 25.6 Å². The van der Waals surface area contributed by atoms with Crippen molar-refractivity contribution in [1.29, 1.82) is 0 Å². The number of ketones is 1. The van der Waals surface area contributed by atoms with E-state index in [0.717, 1.165) is 18.4 Å². The number of hydrogen-bond donors (Lipinski definition) is 2. The van der Waals surface area contributed by atoms with Gasteiger partial charge in [0.1, 0.15) is 11.8 Å². The molecule has 2 N–H and O–H groups in total. The van der Waals surface area contributed by atoms with Gasteiger partial charge in [0.15, 0.2) is 0 Å². The number of Topliss-reactive ketones (excluding diaryl/α,β-unsaturated/α-hetero) is 1. The minimum atomic E-state index is -0.674. The van der Waals surface area contributed by atoms with Crippen molar-refractivity contribution in [3.05, 3.63) is 35.9 Å². The molecule has 0 aliphatic carbocycles. The minimum Gasteiger partial charge on any atom is -0.342 e. The summed E-state index contributed by atoms with van der Waals surface area (Å²) < 4.78 is 0. The zero-order valence-corrected chi connectivity index (χ0v) is 22.8. The number of amides is 3. The quantitative estimate of drug-likeness (QED) is 0.460. The third kappa shape index (κ3) is 8.73. The number of likely N-dealkylation sites (N-methyl/N-ethyl adjacent to an activating group) is 1. The van der Waals surface area contributed by atoms with E-state index in [2.05, 4.69) is 10.6 Å². The monoisotopic (exact) mass is 500 g/mol. The van der Waals surface area contributed by atoms with Gasteiger partial charge in [0.25, 0.3) is 0 Å². The second-order valence-corrected chi connectivity index (χ2v) is 10.9. The number of rotatable bonds is 12. The van der Waals surface area contributed by atoms with Gasteiger partial charge in [-0.1, -0.05) is 51.1 Å². The number of benzene rings is 1. The first kappa shape index (κ1) is 29.5. The van der Waals surface area contributed by atoms with Crippen molar-refractivity contribution in [2.75, 3.05) is 26.7 Å². The summed E-state index contributed by atoms with van der Waals surface area (Å²) in [6.45, 7) is 10.6. The Morgan fingerprint density at radius 1 is 1.11 bits per heavy atom. The Labute approximate surface area is 216 Å². The molecule has 0 spiro atoms. The van der Waals surface area contributed by atoms with Gasteiger partial charge < -0.3 is 25.2 Å². The Hall–Kier alpha value is -2.74. The lowest BCUT2D eigenvalue weighted by Crippen LogP contribution is -2.59. The van der Waals surface area contributed by atoms with Crippen LogP contribution in [0.4, 0.5) is 0 Å². The first-order chi connectivity index (χ1) is 16.9. The van der Waals surface area contributed by atoms with Crippen molar-refractivity contribution < 1.29 is 19.2 Å². The predicted octanol–water partition coefficient (Wildman–Crippen LogP) is 2.56. The number of hydrogen-bond acceptors (Lipinski definition) is 5. The number of likely N-dealkylation sites (tertiary alicyclic amines) is 1. The molecule has 36 heavy (non-hydrogen) atoms. The molecule has 0 radical (unpaired) electrons. The molecule has 3 amide bonds. The number of carbonyl (C=O) groups excluding carboxylic acids is 4. The largest absolute Gasteiger partial charge is 0.342 e. The van der Waals surface area contributed by atoms with E-state index in [1.165, 1.54) is 6.92 Å². The third-order valence-electron chi connectivity index (χ3n) is 6.87. The molecule has 2 rings (SSSR count). The van der Waals surface area contributed by atoms with Crippen LogP contribution in [-0.4, -0.2) is 78.1 Å². The molecule has 0 bridgehead atoms. The van der Waals surface area contributed by atoms with Crippen LogP contribution in [0.1, 0.15) is 65.9 Å². The Bertz CT molecular complexity index is 897. The van der Waals surface area contributed by atoms with Crippen molar-refractivity contribution in [3.8, 4) is 0 Å². The maximum Gasteiger partial charge on any atom is 0.246 e. The highest BCUT2D eigenvalue weighted by atomic mass is 16.2. The zero-order valence-electron chi connectivity index (χ0n) is 22.8. The molecule has 0 unspecified atom stereocenters. The molecule has 1 aliphatic heterocycles. The second kappa shape index (κ2) is 13.5. The van der Waals surface area contributed by atoms with Crippen molar-refractivity contribution in [3.63, 3.8) is 0 Å². The predicted molar refractivity (Wildman–Crippen MR) is 141 cm³/mol. The van der Waals surface area contributed by atoms with Crippen LogP contribution in [0.15, 0.2) is 30.3 Å². The van der Waals surface area contributed by atoms with E-state index in [4.69, 9.17) is 0 Å². The highest BCUT2D eigenvalue weighted by Gasteiger charge is 2.40. The topological polar surface area (TPSA) is 98.8 Å². The molecule has 1 fully saturated rings. The van der Waals surface area contributed by atoms with Crippen LogP contribution >= 0.6 is 0 Å². The molecule has 1 saturated heterocycles. The van der Waals surface area contributed by atoms with Crippen LogP contribution in [0.2, 0.25) is 0 Å². The molecule has 3 atom stereocenters. The van der Waals surface area contributed by atoms with Crippen LogP contribution in [0.25, 0.3) is 0 Å². The van der Waals surface area contributed by atoms with Gasteiger partial charge in [-0.3, -0.25) is 14.4 Å². The van der Waals surface area contributed by atoms with Crippen molar-refractivity contribution in [1.82, 2.24) is 20.4 Å². The number of nitrogens with one attached hydrogen (secondary N) is 2. The summed E-state index contributed by atoms with van der Waals surface area (Å²) >= 11 is 0. The Morgan fingerprint density at radius 2 is 1.78 bits per heavy atom. The fourth-order valence-corrected chi connectivity index (χ4v) is 4.45. The first-order valence-corrected chi connectivity index (χ1v) is 13.0. The van der Waals surface area contributed by atoms with E-state index in [1.807, 2.05) is 56.0 Å². The van der Waals surface area contributed by atoms with Crippen LogP contribution < -0.4 is 10.6 Å². The zero-order chi connectivity index (χ0) is 26.9. The Morgan fingerprint density at radius 3 is 2.36 bits per heavy atom. The summed E-state index contributed by atoms with van der Waals surface area (Å²) in [6.07, 6.45) is 2.74. The lowest BCUT2D eigenvalue weighted by Gasteiger charge is -2.37. The van der Waals surface area contributed by atoms with Gasteiger partial charge in [0.2, 0.25) is 17.7 Å².